The summed E-state index contributed by atoms with van der Waals surface area (Å²) in [4.78, 5) is 26.6. The highest BCUT2D eigenvalue weighted by Gasteiger charge is 2.24. The van der Waals surface area contributed by atoms with Crippen molar-refractivity contribution in [2.45, 2.75) is 39.2 Å². The number of hydrogen-bond acceptors (Lipinski definition) is 5. The summed E-state index contributed by atoms with van der Waals surface area (Å²) < 4.78 is 7.24. The fourth-order valence-corrected chi connectivity index (χ4v) is 4.73. The number of hydrogen-bond donors (Lipinski definition) is 1. The Bertz CT molecular complexity index is 1410. The Morgan fingerprint density at radius 2 is 1.36 bits per heavy atom. The molecule has 202 valence electrons. The number of aromatic nitrogens is 3. The zero-order chi connectivity index (χ0) is 27.6. The smallest absolute Gasteiger partial charge is 0.410 e. The largest absolute Gasteiger partial charge is 0.465 e. The highest BCUT2D eigenvalue weighted by atomic mass is 16.6. The van der Waals surface area contributed by atoms with Gasteiger partial charge in [0.2, 0.25) is 0 Å². The third kappa shape index (κ3) is 6.19. The van der Waals surface area contributed by atoms with Crippen LogP contribution < -0.4 is 0 Å². The molecule has 9 nitrogen and oxygen atoms in total. The van der Waals surface area contributed by atoms with Crippen LogP contribution in [-0.4, -0.2) is 73.9 Å². The van der Waals surface area contributed by atoms with Crippen molar-refractivity contribution in [1.82, 2.24) is 24.8 Å². The first kappa shape index (κ1) is 26.2. The van der Waals surface area contributed by atoms with Crippen molar-refractivity contribution < 1.29 is 19.4 Å². The van der Waals surface area contributed by atoms with Gasteiger partial charge in [0, 0.05) is 31.7 Å². The second-order valence-electron chi connectivity index (χ2n) is 10.8. The minimum atomic E-state index is -0.879. The highest BCUT2D eigenvalue weighted by molar-refractivity contribution is 5.74. The van der Waals surface area contributed by atoms with Crippen LogP contribution >= 0.6 is 0 Å². The summed E-state index contributed by atoms with van der Waals surface area (Å²) in [6.45, 7) is 7.72. The molecule has 0 spiro atoms. The number of ether oxygens (including phenoxy) is 1. The predicted molar refractivity (Wildman–Crippen MR) is 149 cm³/mol. The van der Waals surface area contributed by atoms with Crippen molar-refractivity contribution in [3.05, 3.63) is 78.0 Å². The predicted octanol–water partition coefficient (Wildman–Crippen LogP) is 5.73. The van der Waals surface area contributed by atoms with Gasteiger partial charge in [0.1, 0.15) is 11.3 Å². The molecule has 0 atom stereocenters. The van der Waals surface area contributed by atoms with Gasteiger partial charge in [0.15, 0.2) is 0 Å². The van der Waals surface area contributed by atoms with E-state index in [1.54, 1.807) is 9.58 Å². The van der Waals surface area contributed by atoms with E-state index in [9.17, 15) is 9.59 Å². The van der Waals surface area contributed by atoms with Crippen molar-refractivity contribution in [3.63, 3.8) is 0 Å². The normalized spacial score (nSPS) is 16.0. The average Bonchev–Trinajstić information content (AvgIpc) is 3.43. The van der Waals surface area contributed by atoms with Crippen LogP contribution in [0.2, 0.25) is 0 Å². The highest BCUT2D eigenvalue weighted by Crippen LogP contribution is 2.27. The van der Waals surface area contributed by atoms with Crippen LogP contribution in [0.5, 0.6) is 0 Å². The molecule has 2 aliphatic heterocycles. The minimum Gasteiger partial charge on any atom is -0.465 e. The fraction of sp³-hybridized carbons (Fsp3) is 0.333. The van der Waals surface area contributed by atoms with Crippen LogP contribution in [0.3, 0.4) is 0 Å². The molecular weight excluding hydrogens is 494 g/mol. The molecule has 0 saturated heterocycles. The molecule has 1 aromatic heterocycles. The number of carbonyl (C=O) groups is 2. The molecule has 3 aromatic rings. The Balaban J connectivity index is 1.22. The molecular formula is C30H33N5O4. The summed E-state index contributed by atoms with van der Waals surface area (Å²) in [5.41, 5.74) is 6.75. The number of carboxylic acid groups (broad SMARTS) is 1. The van der Waals surface area contributed by atoms with Gasteiger partial charge in [-0.15, -0.1) is 5.10 Å². The second-order valence-corrected chi connectivity index (χ2v) is 10.8. The molecule has 1 N–H and O–H groups in total. The molecule has 5 rings (SSSR count). The van der Waals surface area contributed by atoms with Crippen LogP contribution in [0.25, 0.3) is 28.1 Å². The average molecular weight is 528 g/mol. The van der Waals surface area contributed by atoms with Crippen LogP contribution in [0.15, 0.2) is 66.9 Å². The molecule has 0 fully saturated rings. The Hall–Kier alpha value is -4.40. The van der Waals surface area contributed by atoms with Crippen molar-refractivity contribution in [3.8, 4) is 16.9 Å². The molecule has 2 aliphatic rings. The topological polar surface area (TPSA) is 101 Å². The van der Waals surface area contributed by atoms with E-state index in [4.69, 9.17) is 9.84 Å². The molecule has 0 bridgehead atoms. The lowest BCUT2D eigenvalue weighted by atomic mass is 9.98. The zero-order valence-corrected chi connectivity index (χ0v) is 22.5. The Kier molecular flexibility index (Phi) is 7.24. The lowest BCUT2D eigenvalue weighted by Crippen LogP contribution is -2.39. The summed E-state index contributed by atoms with van der Waals surface area (Å²) >= 11 is 0. The summed E-state index contributed by atoms with van der Waals surface area (Å²) in [5.74, 6) is 0. The zero-order valence-electron chi connectivity index (χ0n) is 22.5. The van der Waals surface area contributed by atoms with Gasteiger partial charge in [-0.1, -0.05) is 53.8 Å². The summed E-state index contributed by atoms with van der Waals surface area (Å²) in [6, 6.07) is 16.3. The van der Waals surface area contributed by atoms with Gasteiger partial charge in [-0.05, 0) is 68.0 Å². The fourth-order valence-electron chi connectivity index (χ4n) is 4.73. The maximum Gasteiger partial charge on any atom is 0.410 e. The van der Waals surface area contributed by atoms with Crippen molar-refractivity contribution in [2.75, 3.05) is 26.2 Å². The number of amides is 2. The number of benzene rings is 2. The Labute approximate surface area is 228 Å². The molecule has 3 heterocycles. The lowest BCUT2D eigenvalue weighted by Gasteiger charge is -2.29. The van der Waals surface area contributed by atoms with Gasteiger partial charge >= 0.3 is 12.2 Å². The molecule has 39 heavy (non-hydrogen) atoms. The van der Waals surface area contributed by atoms with Gasteiger partial charge in [0.05, 0.1) is 11.9 Å². The summed E-state index contributed by atoms with van der Waals surface area (Å²) in [5, 5.41) is 17.8. The third-order valence-electron chi connectivity index (χ3n) is 6.89. The van der Waals surface area contributed by atoms with Gasteiger partial charge in [-0.25, -0.2) is 14.3 Å². The van der Waals surface area contributed by atoms with Crippen molar-refractivity contribution >= 4 is 23.3 Å². The van der Waals surface area contributed by atoms with Crippen LogP contribution in [0, 0.1) is 0 Å². The van der Waals surface area contributed by atoms with Crippen molar-refractivity contribution in [1.29, 1.82) is 0 Å². The Morgan fingerprint density at radius 1 is 0.821 bits per heavy atom. The molecule has 2 amide bonds. The monoisotopic (exact) mass is 527 g/mol. The van der Waals surface area contributed by atoms with Crippen molar-refractivity contribution in [2.24, 2.45) is 0 Å². The van der Waals surface area contributed by atoms with E-state index in [0.29, 0.717) is 32.6 Å². The molecule has 9 heteroatoms. The third-order valence-corrected chi connectivity index (χ3v) is 6.89. The summed E-state index contributed by atoms with van der Waals surface area (Å²) in [7, 11) is 0. The van der Waals surface area contributed by atoms with E-state index in [1.807, 2.05) is 69.4 Å². The standard InChI is InChI=1S/C30H33N5O4/c1-30(2,3)39-29(38)34-18-14-24(15-19-34)22-8-10-26(11-9-22)35-20-27(31-32-35)25-6-4-21(5-7-25)23-12-16-33(17-13-23)28(36)37/h4-12,14,20H,13,15-19H2,1-3H3,(H,36,37). The number of rotatable bonds is 4. The molecule has 0 radical (unpaired) electrons. The van der Waals surface area contributed by atoms with E-state index < -0.39 is 11.7 Å². The van der Waals surface area contributed by atoms with E-state index in [2.05, 4.69) is 28.5 Å². The van der Waals surface area contributed by atoms with Crippen LogP contribution in [0.4, 0.5) is 9.59 Å². The SMILES string of the molecule is CC(C)(C)OC(=O)N1CC=C(c2ccc(-n3cc(-c4ccc(C5=CCN(C(=O)O)CC5)cc4)nn3)cc2)CC1. The number of nitrogens with zero attached hydrogens (tertiary/aromatic N) is 5. The maximum absolute atomic E-state index is 12.3. The molecule has 0 unspecified atom stereocenters. The quantitative estimate of drug-likeness (QED) is 0.465. The first-order chi connectivity index (χ1) is 18.7. The van der Waals surface area contributed by atoms with E-state index in [0.717, 1.165) is 40.1 Å². The van der Waals surface area contributed by atoms with E-state index in [-0.39, 0.29) is 6.09 Å². The van der Waals surface area contributed by atoms with Gasteiger partial charge in [-0.2, -0.15) is 0 Å². The number of carbonyl (C=O) groups excluding carboxylic acids is 1. The lowest BCUT2D eigenvalue weighted by molar-refractivity contribution is 0.0270. The maximum atomic E-state index is 12.3. The van der Waals surface area contributed by atoms with Gasteiger partial charge < -0.3 is 19.6 Å². The first-order valence-corrected chi connectivity index (χ1v) is 13.1. The Morgan fingerprint density at radius 3 is 1.87 bits per heavy atom. The first-order valence-electron chi connectivity index (χ1n) is 13.1. The molecule has 2 aromatic carbocycles. The molecule has 0 aliphatic carbocycles. The van der Waals surface area contributed by atoms with Crippen LogP contribution in [0.1, 0.15) is 44.7 Å². The van der Waals surface area contributed by atoms with E-state index in [1.165, 1.54) is 10.5 Å². The van der Waals surface area contributed by atoms with Gasteiger partial charge in [-0.3, -0.25) is 0 Å². The molecule has 0 saturated carbocycles. The van der Waals surface area contributed by atoms with Gasteiger partial charge in [0.25, 0.3) is 0 Å². The minimum absolute atomic E-state index is 0.275. The second kappa shape index (κ2) is 10.8. The van der Waals surface area contributed by atoms with E-state index >= 15 is 0 Å². The van der Waals surface area contributed by atoms with Crippen LogP contribution in [-0.2, 0) is 4.74 Å². The summed E-state index contributed by atoms with van der Waals surface area (Å²) in [6.07, 6.45) is 6.30.